The first kappa shape index (κ1) is 12.2. The summed E-state index contributed by atoms with van der Waals surface area (Å²) >= 11 is 1.57. The molecule has 0 aliphatic carbocycles. The minimum absolute atomic E-state index is 0.397. The van der Waals surface area contributed by atoms with Crippen LogP contribution in [-0.4, -0.2) is 0 Å². The van der Waals surface area contributed by atoms with E-state index in [9.17, 15) is 8.78 Å². The number of hydrogen-bond donors (Lipinski definition) is 2. The first-order valence-electron chi connectivity index (χ1n) is 5.08. The topological polar surface area (TPSA) is 38.0 Å². The molecule has 2 aromatic rings. The van der Waals surface area contributed by atoms with Crippen molar-refractivity contribution >= 4 is 11.3 Å². The monoisotopic (exact) mass is 254 g/mol. The number of hydrogen-bond acceptors (Lipinski definition) is 3. The molecule has 1 aromatic carbocycles. The molecule has 0 aliphatic heterocycles. The van der Waals surface area contributed by atoms with Gasteiger partial charge in [-0.3, -0.25) is 5.84 Å². The second-order valence-corrected chi connectivity index (χ2v) is 4.85. The van der Waals surface area contributed by atoms with Crippen LogP contribution in [0.25, 0.3) is 0 Å². The summed E-state index contributed by atoms with van der Waals surface area (Å²) in [5.41, 5.74) is 4.00. The molecular weight excluding hydrogens is 242 g/mol. The van der Waals surface area contributed by atoms with Crippen molar-refractivity contribution < 1.29 is 8.78 Å². The van der Waals surface area contributed by atoms with Crippen LogP contribution in [0.3, 0.4) is 0 Å². The first-order chi connectivity index (χ1) is 8.11. The van der Waals surface area contributed by atoms with Gasteiger partial charge in [-0.1, -0.05) is 0 Å². The Balaban J connectivity index is 2.45. The van der Waals surface area contributed by atoms with Crippen molar-refractivity contribution in [1.82, 2.24) is 5.43 Å². The van der Waals surface area contributed by atoms with E-state index in [2.05, 4.69) is 5.43 Å². The van der Waals surface area contributed by atoms with Crippen molar-refractivity contribution in [2.45, 2.75) is 13.0 Å². The molecule has 0 radical (unpaired) electrons. The molecule has 0 aliphatic rings. The molecule has 0 saturated heterocycles. The fourth-order valence-corrected chi connectivity index (χ4v) is 2.54. The molecule has 3 N–H and O–H groups in total. The zero-order valence-electron chi connectivity index (χ0n) is 9.21. The number of rotatable bonds is 3. The lowest BCUT2D eigenvalue weighted by molar-refractivity contribution is 0.566. The van der Waals surface area contributed by atoms with Crippen LogP contribution in [0, 0.1) is 18.6 Å². The lowest BCUT2D eigenvalue weighted by Gasteiger charge is -2.16. The van der Waals surface area contributed by atoms with Gasteiger partial charge in [-0.25, -0.2) is 14.2 Å². The molecule has 1 heterocycles. The van der Waals surface area contributed by atoms with E-state index in [4.69, 9.17) is 5.84 Å². The molecule has 0 spiro atoms. The molecule has 17 heavy (non-hydrogen) atoms. The van der Waals surface area contributed by atoms with Crippen molar-refractivity contribution in [3.63, 3.8) is 0 Å². The number of nitrogens with one attached hydrogen (secondary N) is 1. The van der Waals surface area contributed by atoms with Gasteiger partial charge in [0.05, 0.1) is 6.04 Å². The smallest absolute Gasteiger partial charge is 0.126 e. The van der Waals surface area contributed by atoms with Gasteiger partial charge >= 0.3 is 0 Å². The highest BCUT2D eigenvalue weighted by molar-refractivity contribution is 7.10. The van der Waals surface area contributed by atoms with Crippen molar-refractivity contribution in [3.05, 3.63) is 57.3 Å². The maximum Gasteiger partial charge on any atom is 0.126 e. The zero-order chi connectivity index (χ0) is 12.4. The van der Waals surface area contributed by atoms with Gasteiger partial charge in [0, 0.05) is 10.9 Å². The third kappa shape index (κ3) is 2.52. The standard InChI is InChI=1S/C12H12F2N2S/c1-7-11(2-3-17-7)12(16-15)8-4-9(13)6-10(14)5-8/h2-6,12,16H,15H2,1H3. The summed E-state index contributed by atoms with van der Waals surface area (Å²) in [7, 11) is 0. The van der Waals surface area contributed by atoms with Crippen molar-refractivity contribution in [2.24, 2.45) is 5.84 Å². The first-order valence-corrected chi connectivity index (χ1v) is 5.96. The fourth-order valence-electron chi connectivity index (χ4n) is 1.80. The van der Waals surface area contributed by atoms with E-state index in [0.29, 0.717) is 5.56 Å². The summed E-state index contributed by atoms with van der Waals surface area (Å²) in [6.45, 7) is 1.94. The Morgan fingerprint density at radius 2 is 1.88 bits per heavy atom. The molecule has 1 unspecified atom stereocenters. The Bertz CT molecular complexity index is 505. The average Bonchev–Trinajstić information content (AvgIpc) is 2.65. The minimum Gasteiger partial charge on any atom is -0.271 e. The van der Waals surface area contributed by atoms with E-state index in [1.165, 1.54) is 12.1 Å². The summed E-state index contributed by atoms with van der Waals surface area (Å²) in [5.74, 6) is 4.27. The third-order valence-corrected chi connectivity index (χ3v) is 3.46. The van der Waals surface area contributed by atoms with Gasteiger partial charge < -0.3 is 0 Å². The molecule has 1 aromatic heterocycles. The summed E-state index contributed by atoms with van der Waals surface area (Å²) in [4.78, 5) is 1.07. The highest BCUT2D eigenvalue weighted by Gasteiger charge is 2.17. The van der Waals surface area contributed by atoms with Gasteiger partial charge in [-0.05, 0) is 41.6 Å². The highest BCUT2D eigenvalue weighted by atomic mass is 32.1. The van der Waals surface area contributed by atoms with Gasteiger partial charge in [-0.15, -0.1) is 11.3 Å². The maximum absolute atomic E-state index is 13.2. The van der Waals surface area contributed by atoms with Crippen LogP contribution in [0.2, 0.25) is 0 Å². The van der Waals surface area contributed by atoms with Crippen LogP contribution in [0.4, 0.5) is 8.78 Å². The third-order valence-electron chi connectivity index (χ3n) is 2.59. The lowest BCUT2D eigenvalue weighted by atomic mass is 10.00. The molecule has 2 rings (SSSR count). The van der Waals surface area contributed by atoms with Crippen LogP contribution in [-0.2, 0) is 0 Å². The van der Waals surface area contributed by atoms with E-state index in [1.807, 2.05) is 18.4 Å². The number of thiophene rings is 1. The average molecular weight is 254 g/mol. The van der Waals surface area contributed by atoms with E-state index in [1.54, 1.807) is 11.3 Å². The normalized spacial score (nSPS) is 12.7. The number of benzene rings is 1. The molecule has 2 nitrogen and oxygen atoms in total. The lowest BCUT2D eigenvalue weighted by Crippen LogP contribution is -2.29. The van der Waals surface area contributed by atoms with Gasteiger partial charge in [0.2, 0.25) is 0 Å². The summed E-state index contributed by atoms with van der Waals surface area (Å²) in [6, 6.07) is 4.91. The van der Waals surface area contributed by atoms with E-state index in [0.717, 1.165) is 16.5 Å². The number of hydrazine groups is 1. The Hall–Kier alpha value is -1.30. The highest BCUT2D eigenvalue weighted by Crippen LogP contribution is 2.28. The van der Waals surface area contributed by atoms with Crippen LogP contribution < -0.4 is 11.3 Å². The molecular formula is C12H12F2N2S. The predicted octanol–water partition coefficient (Wildman–Crippen LogP) is 2.89. The summed E-state index contributed by atoms with van der Waals surface area (Å²) in [5, 5.41) is 1.92. The van der Waals surface area contributed by atoms with Crippen molar-refractivity contribution in [3.8, 4) is 0 Å². The van der Waals surface area contributed by atoms with E-state index >= 15 is 0 Å². The van der Waals surface area contributed by atoms with Crippen LogP contribution in [0.5, 0.6) is 0 Å². The van der Waals surface area contributed by atoms with Crippen LogP contribution >= 0.6 is 11.3 Å². The second kappa shape index (κ2) is 4.91. The van der Waals surface area contributed by atoms with Crippen LogP contribution in [0.15, 0.2) is 29.6 Å². The fraction of sp³-hybridized carbons (Fsp3) is 0.167. The second-order valence-electron chi connectivity index (χ2n) is 3.73. The van der Waals surface area contributed by atoms with E-state index in [-0.39, 0.29) is 0 Å². The van der Waals surface area contributed by atoms with Crippen LogP contribution in [0.1, 0.15) is 22.0 Å². The van der Waals surface area contributed by atoms with E-state index < -0.39 is 17.7 Å². The van der Waals surface area contributed by atoms with Gasteiger partial charge in [-0.2, -0.15) is 0 Å². The molecule has 5 heteroatoms. The Labute approximate surface area is 102 Å². The SMILES string of the molecule is Cc1sccc1C(NN)c1cc(F)cc(F)c1. The Morgan fingerprint density at radius 3 is 2.35 bits per heavy atom. The Kier molecular flexibility index (Phi) is 3.51. The number of halogens is 2. The molecule has 1 atom stereocenters. The largest absolute Gasteiger partial charge is 0.271 e. The quantitative estimate of drug-likeness (QED) is 0.653. The summed E-state index contributed by atoms with van der Waals surface area (Å²) in [6.07, 6.45) is 0. The number of aryl methyl sites for hydroxylation is 1. The van der Waals surface area contributed by atoms with Crippen molar-refractivity contribution in [2.75, 3.05) is 0 Å². The summed E-state index contributed by atoms with van der Waals surface area (Å²) < 4.78 is 26.3. The number of nitrogens with two attached hydrogens (primary N) is 1. The molecule has 0 fully saturated rings. The molecule has 0 saturated carbocycles. The maximum atomic E-state index is 13.2. The van der Waals surface area contributed by atoms with Gasteiger partial charge in [0.15, 0.2) is 0 Å². The molecule has 0 bridgehead atoms. The van der Waals surface area contributed by atoms with Crippen molar-refractivity contribution in [1.29, 1.82) is 0 Å². The molecule has 0 amide bonds. The van der Waals surface area contributed by atoms with Gasteiger partial charge in [0.1, 0.15) is 11.6 Å². The van der Waals surface area contributed by atoms with Gasteiger partial charge in [0.25, 0.3) is 0 Å². The Morgan fingerprint density at radius 1 is 1.24 bits per heavy atom. The molecule has 90 valence electrons. The minimum atomic E-state index is -0.604. The predicted molar refractivity (Wildman–Crippen MR) is 64.6 cm³/mol. The zero-order valence-corrected chi connectivity index (χ0v) is 10.0.